The summed E-state index contributed by atoms with van der Waals surface area (Å²) in [6.07, 6.45) is 0.00937. The number of halogens is 2. The van der Waals surface area contributed by atoms with Crippen molar-refractivity contribution in [2.45, 2.75) is 12.8 Å². The number of aromatic amines is 1. The van der Waals surface area contributed by atoms with Gasteiger partial charge >= 0.3 is 0 Å². The third kappa shape index (κ3) is 5.26. The van der Waals surface area contributed by atoms with Crippen LogP contribution in [-0.2, 0) is 20.7 Å². The SMILES string of the molecule is COCCNc1nc2c(c(=O)[nH]1)C[C@@H](CC(=O)Nc1ccc(Cl)c(Cl)c1)C(=O)N2. The number of rotatable bonds is 7. The first kappa shape index (κ1) is 21.1. The zero-order valence-electron chi connectivity index (χ0n) is 15.5. The van der Waals surface area contributed by atoms with Crippen LogP contribution in [0.15, 0.2) is 23.0 Å². The maximum atomic E-state index is 12.4. The summed E-state index contributed by atoms with van der Waals surface area (Å²) in [6, 6.07) is 4.69. The van der Waals surface area contributed by atoms with Crippen molar-refractivity contribution in [2.24, 2.45) is 5.92 Å². The van der Waals surface area contributed by atoms with Crippen molar-refractivity contribution < 1.29 is 14.3 Å². The Kier molecular flexibility index (Phi) is 6.73. The number of carbonyl (C=O) groups is 2. The normalized spacial score (nSPS) is 15.4. The van der Waals surface area contributed by atoms with Crippen molar-refractivity contribution in [3.63, 3.8) is 0 Å². The molecule has 1 atom stereocenters. The largest absolute Gasteiger partial charge is 0.383 e. The molecular weight excluding hydrogens is 421 g/mol. The highest BCUT2D eigenvalue weighted by atomic mass is 35.5. The molecule has 154 valence electrons. The summed E-state index contributed by atoms with van der Waals surface area (Å²) >= 11 is 11.8. The lowest BCUT2D eigenvalue weighted by molar-refractivity contribution is -0.125. The number of benzene rings is 1. The number of carbonyl (C=O) groups excluding carboxylic acids is 2. The second-order valence-electron chi connectivity index (χ2n) is 6.43. The zero-order chi connectivity index (χ0) is 21.0. The molecule has 1 aromatic carbocycles. The minimum absolute atomic E-state index is 0.0984. The van der Waals surface area contributed by atoms with Gasteiger partial charge in [0.1, 0.15) is 5.82 Å². The molecule has 29 heavy (non-hydrogen) atoms. The Morgan fingerprint density at radius 3 is 2.83 bits per heavy atom. The van der Waals surface area contributed by atoms with E-state index < -0.39 is 5.92 Å². The van der Waals surface area contributed by atoms with Crippen LogP contribution in [0.3, 0.4) is 0 Å². The molecule has 0 saturated carbocycles. The van der Waals surface area contributed by atoms with E-state index >= 15 is 0 Å². The molecule has 2 heterocycles. The second kappa shape index (κ2) is 9.25. The Labute approximate surface area is 176 Å². The molecule has 1 aliphatic heterocycles. The van der Waals surface area contributed by atoms with Gasteiger partial charge in [-0.25, -0.2) is 0 Å². The van der Waals surface area contributed by atoms with Gasteiger partial charge in [-0.1, -0.05) is 23.2 Å². The number of nitrogens with one attached hydrogen (secondary N) is 4. The third-order valence-electron chi connectivity index (χ3n) is 4.31. The summed E-state index contributed by atoms with van der Waals surface area (Å²) in [7, 11) is 1.56. The molecule has 0 unspecified atom stereocenters. The molecular formula is C18H19Cl2N5O4. The Balaban J connectivity index is 1.67. The topological polar surface area (TPSA) is 125 Å². The predicted molar refractivity (Wildman–Crippen MR) is 111 cm³/mol. The Morgan fingerprint density at radius 2 is 2.10 bits per heavy atom. The van der Waals surface area contributed by atoms with E-state index in [-0.39, 0.29) is 42.0 Å². The van der Waals surface area contributed by atoms with Gasteiger partial charge < -0.3 is 20.7 Å². The van der Waals surface area contributed by atoms with Crippen LogP contribution < -0.4 is 21.5 Å². The molecule has 1 aliphatic rings. The number of H-pyrrole nitrogens is 1. The number of amides is 2. The third-order valence-corrected chi connectivity index (χ3v) is 5.05. The van der Waals surface area contributed by atoms with Crippen molar-refractivity contribution in [3.05, 3.63) is 44.2 Å². The molecule has 0 bridgehead atoms. The van der Waals surface area contributed by atoms with Gasteiger partial charge in [0.2, 0.25) is 17.8 Å². The number of hydrogen-bond acceptors (Lipinski definition) is 6. The Morgan fingerprint density at radius 1 is 1.31 bits per heavy atom. The molecule has 0 spiro atoms. The average molecular weight is 440 g/mol. The predicted octanol–water partition coefficient (Wildman–Crippen LogP) is 2.27. The molecule has 1 aromatic heterocycles. The first-order valence-corrected chi connectivity index (χ1v) is 9.54. The van der Waals surface area contributed by atoms with Crippen LogP contribution in [0.5, 0.6) is 0 Å². The van der Waals surface area contributed by atoms with Gasteiger partial charge in [0.05, 0.1) is 28.1 Å². The van der Waals surface area contributed by atoms with Crippen LogP contribution in [0.2, 0.25) is 10.0 Å². The van der Waals surface area contributed by atoms with E-state index in [4.69, 9.17) is 27.9 Å². The molecule has 0 saturated heterocycles. The molecule has 0 fully saturated rings. The van der Waals surface area contributed by atoms with Crippen molar-refractivity contribution >= 4 is 52.5 Å². The fourth-order valence-electron chi connectivity index (χ4n) is 2.88. The minimum atomic E-state index is -0.694. The number of nitrogens with zero attached hydrogens (tertiary/aromatic N) is 1. The molecule has 0 radical (unpaired) electrons. The van der Waals surface area contributed by atoms with Crippen LogP contribution in [0.1, 0.15) is 12.0 Å². The standard InChI is InChI=1S/C18H19Cl2N5O4/c1-29-5-4-21-18-24-15-11(17(28)25-18)6-9(16(27)23-15)7-14(26)22-10-2-3-12(19)13(20)8-10/h2-3,8-9H,4-7H2,1H3,(H,22,26)(H3,21,23,24,25,27,28)/t9-/m0/s1. The van der Waals surface area contributed by atoms with Crippen LogP contribution in [0.25, 0.3) is 0 Å². The number of fused-ring (bicyclic) bond motifs is 1. The minimum Gasteiger partial charge on any atom is -0.383 e. The summed E-state index contributed by atoms with van der Waals surface area (Å²) in [5, 5.41) is 8.86. The van der Waals surface area contributed by atoms with E-state index in [1.54, 1.807) is 19.2 Å². The van der Waals surface area contributed by atoms with Crippen molar-refractivity contribution in [2.75, 3.05) is 36.2 Å². The van der Waals surface area contributed by atoms with E-state index in [0.717, 1.165) is 0 Å². The smallest absolute Gasteiger partial charge is 0.257 e. The molecule has 3 rings (SSSR count). The van der Waals surface area contributed by atoms with Crippen molar-refractivity contribution in [3.8, 4) is 0 Å². The van der Waals surface area contributed by atoms with Gasteiger partial charge in [-0.3, -0.25) is 19.4 Å². The number of ether oxygens (including phenoxy) is 1. The number of anilines is 3. The summed E-state index contributed by atoms with van der Waals surface area (Å²) in [4.78, 5) is 43.9. The van der Waals surface area contributed by atoms with Crippen molar-refractivity contribution in [1.82, 2.24) is 9.97 Å². The monoisotopic (exact) mass is 439 g/mol. The Bertz CT molecular complexity index is 995. The summed E-state index contributed by atoms with van der Waals surface area (Å²) in [5.74, 6) is -1.01. The average Bonchev–Trinajstić information content (AvgIpc) is 2.66. The van der Waals surface area contributed by atoms with E-state index in [9.17, 15) is 14.4 Å². The maximum Gasteiger partial charge on any atom is 0.257 e. The van der Waals surface area contributed by atoms with Gasteiger partial charge in [-0.15, -0.1) is 0 Å². The molecule has 2 amide bonds. The number of aromatic nitrogens is 2. The molecule has 2 aromatic rings. The fraction of sp³-hybridized carbons (Fsp3) is 0.333. The van der Waals surface area contributed by atoms with E-state index in [1.165, 1.54) is 6.07 Å². The quantitative estimate of drug-likeness (QED) is 0.490. The number of hydrogen-bond donors (Lipinski definition) is 4. The lowest BCUT2D eigenvalue weighted by atomic mass is 9.92. The fourth-order valence-corrected chi connectivity index (χ4v) is 3.18. The summed E-state index contributed by atoms with van der Waals surface area (Å²) < 4.78 is 4.93. The van der Waals surface area contributed by atoms with Gasteiger partial charge in [0.25, 0.3) is 5.56 Å². The van der Waals surface area contributed by atoms with Crippen LogP contribution >= 0.6 is 23.2 Å². The molecule has 0 aliphatic carbocycles. The van der Waals surface area contributed by atoms with Crippen LogP contribution in [0.4, 0.5) is 17.5 Å². The van der Waals surface area contributed by atoms with E-state index in [0.29, 0.717) is 34.4 Å². The highest BCUT2D eigenvalue weighted by Gasteiger charge is 2.31. The van der Waals surface area contributed by atoms with Gasteiger partial charge in [0, 0.05) is 25.8 Å². The highest BCUT2D eigenvalue weighted by Crippen LogP contribution is 2.27. The lowest BCUT2D eigenvalue weighted by Gasteiger charge is -2.23. The Hall–Kier alpha value is -2.62. The van der Waals surface area contributed by atoms with Crippen molar-refractivity contribution in [1.29, 1.82) is 0 Å². The maximum absolute atomic E-state index is 12.4. The first-order valence-electron chi connectivity index (χ1n) is 8.79. The number of methoxy groups -OCH3 is 1. The highest BCUT2D eigenvalue weighted by molar-refractivity contribution is 6.42. The summed E-state index contributed by atoms with van der Waals surface area (Å²) in [5.41, 5.74) is 0.423. The van der Waals surface area contributed by atoms with Crippen LogP contribution in [0, 0.1) is 5.92 Å². The van der Waals surface area contributed by atoms with Gasteiger partial charge in [0.15, 0.2) is 0 Å². The molecule has 4 N–H and O–H groups in total. The molecule has 11 heteroatoms. The van der Waals surface area contributed by atoms with Crippen LogP contribution in [-0.4, -0.2) is 42.0 Å². The second-order valence-corrected chi connectivity index (χ2v) is 7.25. The van der Waals surface area contributed by atoms with Gasteiger partial charge in [-0.2, -0.15) is 4.98 Å². The van der Waals surface area contributed by atoms with E-state index in [2.05, 4.69) is 25.9 Å². The van der Waals surface area contributed by atoms with E-state index in [1.807, 2.05) is 0 Å². The zero-order valence-corrected chi connectivity index (χ0v) is 17.0. The molecule has 9 nitrogen and oxygen atoms in total. The van der Waals surface area contributed by atoms with Gasteiger partial charge in [-0.05, 0) is 24.6 Å². The summed E-state index contributed by atoms with van der Waals surface area (Å²) in [6.45, 7) is 0.882. The first-order chi connectivity index (χ1) is 13.9. The lowest BCUT2D eigenvalue weighted by Crippen LogP contribution is -2.37.